The Balaban J connectivity index is 1.96. The van der Waals surface area contributed by atoms with Gasteiger partial charge in [0.25, 0.3) is 5.91 Å². The molecule has 2 heterocycles. The minimum absolute atomic E-state index is 0.149. The predicted molar refractivity (Wildman–Crippen MR) is 63.0 cm³/mol. The molecule has 0 spiro atoms. The molecule has 2 rings (SSSR count). The Labute approximate surface area is 101 Å². The molecule has 0 saturated carbocycles. The Hall–Kier alpha value is -1.49. The van der Waals surface area contributed by atoms with Crippen LogP contribution in [0.5, 0.6) is 0 Å². The molecule has 0 unspecified atom stereocenters. The molecule has 2 aromatic rings. The summed E-state index contributed by atoms with van der Waals surface area (Å²) in [5.74, 6) is -0.149. The molecule has 0 bridgehead atoms. The zero-order chi connectivity index (χ0) is 11.5. The Morgan fingerprint density at radius 1 is 1.56 bits per heavy atom. The van der Waals surface area contributed by atoms with Gasteiger partial charge < -0.3 is 14.3 Å². The van der Waals surface area contributed by atoms with Crippen molar-refractivity contribution < 1.29 is 9.21 Å². The summed E-state index contributed by atoms with van der Waals surface area (Å²) in [7, 11) is 1.94. The van der Waals surface area contributed by atoms with E-state index in [-0.39, 0.29) is 5.91 Å². The third-order valence-corrected chi connectivity index (χ3v) is 2.82. The molecule has 0 aromatic carbocycles. The number of rotatable bonds is 3. The van der Waals surface area contributed by atoms with E-state index < -0.39 is 0 Å². The fraction of sp³-hybridized carbons (Fsp3) is 0.182. The van der Waals surface area contributed by atoms with Crippen LogP contribution < -0.4 is 5.32 Å². The molecule has 5 heteroatoms. The van der Waals surface area contributed by atoms with Crippen molar-refractivity contribution in [1.29, 1.82) is 0 Å². The normalized spacial score (nSPS) is 10.4. The molecule has 84 valence electrons. The molecule has 0 radical (unpaired) electrons. The highest BCUT2D eigenvalue weighted by atomic mass is 79.9. The van der Waals surface area contributed by atoms with Gasteiger partial charge in [-0.15, -0.1) is 0 Å². The van der Waals surface area contributed by atoms with E-state index in [4.69, 9.17) is 4.42 Å². The van der Waals surface area contributed by atoms with Crippen LogP contribution >= 0.6 is 15.9 Å². The van der Waals surface area contributed by atoms with E-state index >= 15 is 0 Å². The Bertz CT molecular complexity index is 502. The number of hydrogen-bond acceptors (Lipinski definition) is 2. The van der Waals surface area contributed by atoms with Gasteiger partial charge >= 0.3 is 0 Å². The fourth-order valence-corrected chi connectivity index (χ4v) is 1.82. The zero-order valence-corrected chi connectivity index (χ0v) is 10.3. The van der Waals surface area contributed by atoms with Crippen molar-refractivity contribution in [2.24, 2.45) is 7.05 Å². The van der Waals surface area contributed by atoms with E-state index in [0.717, 1.165) is 5.56 Å². The highest BCUT2D eigenvalue weighted by molar-refractivity contribution is 9.10. The number of carbonyl (C=O) groups is 1. The topological polar surface area (TPSA) is 47.2 Å². The summed E-state index contributed by atoms with van der Waals surface area (Å²) in [6.07, 6.45) is 5.38. The van der Waals surface area contributed by atoms with Crippen molar-refractivity contribution in [3.8, 4) is 0 Å². The van der Waals surface area contributed by atoms with Gasteiger partial charge in [-0.2, -0.15) is 0 Å². The van der Waals surface area contributed by atoms with Gasteiger partial charge in [0.05, 0.1) is 11.8 Å². The number of halogens is 1. The molecule has 0 aliphatic carbocycles. The van der Waals surface area contributed by atoms with Crippen LogP contribution in [-0.4, -0.2) is 10.5 Å². The third-order valence-electron chi connectivity index (χ3n) is 2.21. The number of hydrogen-bond donors (Lipinski definition) is 1. The predicted octanol–water partition coefficient (Wildman–Crippen LogP) is 2.31. The number of nitrogens with zero attached hydrogens (tertiary/aromatic N) is 1. The Morgan fingerprint density at radius 2 is 2.38 bits per heavy atom. The first-order valence-corrected chi connectivity index (χ1v) is 5.58. The van der Waals surface area contributed by atoms with E-state index in [0.29, 0.717) is 16.8 Å². The minimum atomic E-state index is -0.149. The minimum Gasteiger partial charge on any atom is -0.457 e. The molecular weight excluding hydrogens is 272 g/mol. The second-order valence-corrected chi connectivity index (χ2v) is 4.20. The van der Waals surface area contributed by atoms with Crippen LogP contribution in [0.1, 0.15) is 15.9 Å². The van der Waals surface area contributed by atoms with E-state index in [1.54, 1.807) is 6.07 Å². The van der Waals surface area contributed by atoms with Crippen molar-refractivity contribution in [3.05, 3.63) is 46.6 Å². The van der Waals surface area contributed by atoms with Crippen LogP contribution in [-0.2, 0) is 13.6 Å². The molecule has 0 fully saturated rings. The first-order chi connectivity index (χ1) is 7.66. The maximum atomic E-state index is 11.7. The smallest absolute Gasteiger partial charge is 0.256 e. The summed E-state index contributed by atoms with van der Waals surface area (Å²) in [5.41, 5.74) is 1.58. The first kappa shape index (κ1) is 11.0. The molecule has 0 saturated heterocycles. The van der Waals surface area contributed by atoms with Gasteiger partial charge in [0.1, 0.15) is 0 Å². The van der Waals surface area contributed by atoms with Gasteiger partial charge in [-0.25, -0.2) is 0 Å². The SMILES string of the molecule is Cn1ccc(CNC(=O)c2ccoc2Br)c1. The van der Waals surface area contributed by atoms with Gasteiger partial charge in [-0.05, 0) is 33.6 Å². The second kappa shape index (κ2) is 4.57. The maximum absolute atomic E-state index is 11.7. The van der Waals surface area contributed by atoms with E-state index in [9.17, 15) is 4.79 Å². The molecule has 0 atom stereocenters. The molecule has 4 nitrogen and oxygen atoms in total. The molecule has 1 N–H and O–H groups in total. The number of aromatic nitrogens is 1. The maximum Gasteiger partial charge on any atom is 0.256 e. The van der Waals surface area contributed by atoms with Crippen LogP contribution in [0, 0.1) is 0 Å². The van der Waals surface area contributed by atoms with Crippen LogP contribution in [0.15, 0.2) is 39.9 Å². The van der Waals surface area contributed by atoms with Gasteiger partial charge in [-0.1, -0.05) is 0 Å². The Morgan fingerprint density at radius 3 is 2.94 bits per heavy atom. The average Bonchev–Trinajstić information content (AvgIpc) is 2.84. The monoisotopic (exact) mass is 282 g/mol. The lowest BCUT2D eigenvalue weighted by molar-refractivity contribution is 0.0949. The number of furan rings is 1. The summed E-state index contributed by atoms with van der Waals surface area (Å²) < 4.78 is 7.39. The summed E-state index contributed by atoms with van der Waals surface area (Å²) in [4.78, 5) is 11.7. The van der Waals surface area contributed by atoms with Crippen molar-refractivity contribution in [1.82, 2.24) is 9.88 Å². The van der Waals surface area contributed by atoms with Crippen molar-refractivity contribution in [2.75, 3.05) is 0 Å². The fourth-order valence-electron chi connectivity index (χ4n) is 1.40. The third kappa shape index (κ3) is 2.36. The summed E-state index contributed by atoms with van der Waals surface area (Å²) in [6.45, 7) is 0.511. The van der Waals surface area contributed by atoms with Crippen LogP contribution in [0.2, 0.25) is 0 Å². The van der Waals surface area contributed by atoms with E-state index in [1.807, 2.05) is 30.1 Å². The number of aryl methyl sites for hydroxylation is 1. The van der Waals surface area contributed by atoms with Gasteiger partial charge in [-0.3, -0.25) is 4.79 Å². The van der Waals surface area contributed by atoms with Gasteiger partial charge in [0.15, 0.2) is 4.67 Å². The molecule has 16 heavy (non-hydrogen) atoms. The first-order valence-electron chi connectivity index (χ1n) is 4.79. The lowest BCUT2D eigenvalue weighted by Crippen LogP contribution is -2.22. The van der Waals surface area contributed by atoms with Crippen molar-refractivity contribution in [2.45, 2.75) is 6.54 Å². The lowest BCUT2D eigenvalue weighted by atomic mass is 10.3. The highest BCUT2D eigenvalue weighted by Gasteiger charge is 2.11. The quantitative estimate of drug-likeness (QED) is 0.939. The van der Waals surface area contributed by atoms with Crippen LogP contribution in [0.25, 0.3) is 0 Å². The number of nitrogens with one attached hydrogen (secondary N) is 1. The van der Waals surface area contributed by atoms with E-state index in [1.165, 1.54) is 6.26 Å². The summed E-state index contributed by atoms with van der Waals surface area (Å²) >= 11 is 3.17. The van der Waals surface area contributed by atoms with Crippen LogP contribution in [0.4, 0.5) is 0 Å². The highest BCUT2D eigenvalue weighted by Crippen LogP contribution is 2.17. The van der Waals surface area contributed by atoms with Crippen LogP contribution in [0.3, 0.4) is 0 Å². The molecule has 0 aliphatic heterocycles. The van der Waals surface area contributed by atoms with Crippen molar-refractivity contribution >= 4 is 21.8 Å². The standard InChI is InChI=1S/C11H11BrN2O2/c1-14-4-2-8(7-14)6-13-11(15)9-3-5-16-10(9)12/h2-5,7H,6H2,1H3,(H,13,15). The lowest BCUT2D eigenvalue weighted by Gasteiger charge is -2.01. The zero-order valence-electron chi connectivity index (χ0n) is 8.74. The van der Waals surface area contributed by atoms with E-state index in [2.05, 4.69) is 21.2 Å². The molecule has 2 aromatic heterocycles. The largest absolute Gasteiger partial charge is 0.457 e. The molecule has 1 amide bonds. The summed E-state index contributed by atoms with van der Waals surface area (Å²) in [5, 5.41) is 2.81. The average molecular weight is 283 g/mol. The second-order valence-electron chi connectivity index (χ2n) is 3.48. The molecule has 0 aliphatic rings. The number of amides is 1. The Kier molecular flexibility index (Phi) is 3.14. The van der Waals surface area contributed by atoms with Gasteiger partial charge in [0.2, 0.25) is 0 Å². The molecular formula is C11H11BrN2O2. The van der Waals surface area contributed by atoms with Crippen molar-refractivity contribution in [3.63, 3.8) is 0 Å². The number of carbonyl (C=O) groups excluding carboxylic acids is 1. The van der Waals surface area contributed by atoms with Gasteiger partial charge in [0, 0.05) is 26.0 Å². The summed E-state index contributed by atoms with van der Waals surface area (Å²) in [6, 6.07) is 3.59.